The van der Waals surface area contributed by atoms with Crippen molar-refractivity contribution in [2.45, 2.75) is 19.4 Å². The van der Waals surface area contributed by atoms with E-state index in [0.717, 1.165) is 22.6 Å². The van der Waals surface area contributed by atoms with Crippen molar-refractivity contribution in [3.8, 4) is 0 Å². The summed E-state index contributed by atoms with van der Waals surface area (Å²) in [6, 6.07) is 6.60. The maximum atomic E-state index is 6.07. The second-order valence-corrected chi connectivity index (χ2v) is 5.99. The molecule has 1 heterocycles. The maximum Gasteiger partial charge on any atom is 0.0525 e. The minimum Gasteiger partial charge on any atom is -0.370 e. The largest absolute Gasteiger partial charge is 0.370 e. The van der Waals surface area contributed by atoms with Gasteiger partial charge in [-0.25, -0.2) is 0 Å². The molecule has 1 aromatic carbocycles. The highest BCUT2D eigenvalue weighted by Gasteiger charge is 2.25. The Morgan fingerprint density at radius 3 is 2.88 bits per heavy atom. The standard InChI is InChI=1S/C13H18BrClN2/c1-9-8-17(6-5-12(9)16-2)13-7-10(15)3-4-11(13)14/h3-4,7,9,12,16H,5-6,8H2,1-2H3. The zero-order valence-corrected chi connectivity index (χ0v) is 12.6. The molecule has 0 aromatic heterocycles. The summed E-state index contributed by atoms with van der Waals surface area (Å²) < 4.78 is 1.12. The highest BCUT2D eigenvalue weighted by atomic mass is 79.9. The summed E-state index contributed by atoms with van der Waals surface area (Å²) in [7, 11) is 2.05. The first-order chi connectivity index (χ1) is 8.11. The summed E-state index contributed by atoms with van der Waals surface area (Å²) in [6.45, 7) is 4.45. The van der Waals surface area contributed by atoms with Gasteiger partial charge in [0.05, 0.1) is 5.69 Å². The van der Waals surface area contributed by atoms with Gasteiger partial charge in [-0.3, -0.25) is 0 Å². The van der Waals surface area contributed by atoms with Crippen LogP contribution in [0.2, 0.25) is 5.02 Å². The zero-order valence-electron chi connectivity index (χ0n) is 10.2. The predicted molar refractivity (Wildman–Crippen MR) is 78.0 cm³/mol. The molecule has 2 nitrogen and oxygen atoms in total. The average molecular weight is 318 g/mol. The van der Waals surface area contributed by atoms with Crippen LogP contribution < -0.4 is 10.2 Å². The van der Waals surface area contributed by atoms with Crippen molar-refractivity contribution in [2.24, 2.45) is 5.92 Å². The van der Waals surface area contributed by atoms with E-state index in [-0.39, 0.29) is 0 Å². The molecule has 0 radical (unpaired) electrons. The van der Waals surface area contributed by atoms with E-state index >= 15 is 0 Å². The van der Waals surface area contributed by atoms with Gasteiger partial charge in [0, 0.05) is 28.6 Å². The van der Waals surface area contributed by atoms with E-state index < -0.39 is 0 Å². The van der Waals surface area contributed by atoms with Gasteiger partial charge in [-0.15, -0.1) is 0 Å². The Hall–Kier alpha value is -0.250. The molecule has 2 atom stereocenters. The van der Waals surface area contributed by atoms with Gasteiger partial charge in [0.15, 0.2) is 0 Å². The molecule has 1 aliphatic rings. The first-order valence-corrected chi connectivity index (χ1v) is 7.16. The molecular formula is C13H18BrClN2. The van der Waals surface area contributed by atoms with Gasteiger partial charge in [-0.1, -0.05) is 18.5 Å². The Morgan fingerprint density at radius 2 is 2.24 bits per heavy atom. The second kappa shape index (κ2) is 5.59. The molecule has 2 rings (SSSR count). The fourth-order valence-corrected chi connectivity index (χ4v) is 3.19. The normalized spacial score (nSPS) is 25.1. The summed E-state index contributed by atoms with van der Waals surface area (Å²) >= 11 is 9.67. The number of hydrogen-bond acceptors (Lipinski definition) is 2. The summed E-state index contributed by atoms with van der Waals surface area (Å²) in [4.78, 5) is 2.41. The van der Waals surface area contributed by atoms with Gasteiger partial charge >= 0.3 is 0 Å². The lowest BCUT2D eigenvalue weighted by atomic mass is 9.93. The Kier molecular flexibility index (Phi) is 4.34. The van der Waals surface area contributed by atoms with Crippen LogP contribution in [-0.4, -0.2) is 26.2 Å². The molecule has 4 heteroatoms. The van der Waals surface area contributed by atoms with Crippen LogP contribution in [-0.2, 0) is 0 Å². The number of benzene rings is 1. The van der Waals surface area contributed by atoms with E-state index in [0.29, 0.717) is 12.0 Å². The fraction of sp³-hybridized carbons (Fsp3) is 0.538. The van der Waals surface area contributed by atoms with E-state index in [1.165, 1.54) is 12.1 Å². The van der Waals surface area contributed by atoms with Crippen molar-refractivity contribution in [2.75, 3.05) is 25.0 Å². The highest BCUT2D eigenvalue weighted by Crippen LogP contribution is 2.32. The lowest BCUT2D eigenvalue weighted by Gasteiger charge is -2.38. The van der Waals surface area contributed by atoms with Crippen molar-refractivity contribution >= 4 is 33.2 Å². The molecule has 0 bridgehead atoms. The summed E-state index contributed by atoms with van der Waals surface area (Å²) in [5.74, 6) is 0.652. The van der Waals surface area contributed by atoms with Gasteiger partial charge < -0.3 is 10.2 Å². The maximum absolute atomic E-state index is 6.07. The molecule has 1 saturated heterocycles. The average Bonchev–Trinajstić information content (AvgIpc) is 2.32. The lowest BCUT2D eigenvalue weighted by Crippen LogP contribution is -2.47. The van der Waals surface area contributed by atoms with Crippen LogP contribution in [0, 0.1) is 5.92 Å². The van der Waals surface area contributed by atoms with Crippen molar-refractivity contribution in [1.82, 2.24) is 5.32 Å². The second-order valence-electron chi connectivity index (χ2n) is 4.70. The molecule has 1 N–H and O–H groups in total. The molecule has 1 fully saturated rings. The van der Waals surface area contributed by atoms with E-state index in [2.05, 4.69) is 33.1 Å². The number of hydrogen-bond donors (Lipinski definition) is 1. The summed E-state index contributed by atoms with van der Waals surface area (Å²) in [6.07, 6.45) is 1.18. The quantitative estimate of drug-likeness (QED) is 0.897. The Bertz CT molecular complexity index is 397. The van der Waals surface area contributed by atoms with Crippen LogP contribution in [0.4, 0.5) is 5.69 Å². The minimum atomic E-state index is 0.629. The van der Waals surface area contributed by atoms with Crippen LogP contribution in [0.25, 0.3) is 0 Å². The molecule has 94 valence electrons. The molecule has 17 heavy (non-hydrogen) atoms. The third kappa shape index (κ3) is 2.95. The first kappa shape index (κ1) is 13.2. The predicted octanol–water partition coefficient (Wildman–Crippen LogP) is 3.54. The molecule has 2 unspecified atom stereocenters. The van der Waals surface area contributed by atoms with Gasteiger partial charge in [-0.2, -0.15) is 0 Å². The first-order valence-electron chi connectivity index (χ1n) is 5.99. The molecule has 0 spiro atoms. The molecule has 0 saturated carbocycles. The number of nitrogens with one attached hydrogen (secondary N) is 1. The molecule has 1 aliphatic heterocycles. The van der Waals surface area contributed by atoms with Crippen LogP contribution >= 0.6 is 27.5 Å². The smallest absolute Gasteiger partial charge is 0.0525 e. The van der Waals surface area contributed by atoms with Crippen molar-refractivity contribution in [3.05, 3.63) is 27.7 Å². The van der Waals surface area contributed by atoms with Crippen LogP contribution in [0.3, 0.4) is 0 Å². The third-order valence-corrected chi connectivity index (χ3v) is 4.43. The summed E-state index contributed by atoms with van der Waals surface area (Å²) in [5.41, 5.74) is 1.21. The minimum absolute atomic E-state index is 0.629. The van der Waals surface area contributed by atoms with Crippen molar-refractivity contribution < 1.29 is 0 Å². The Morgan fingerprint density at radius 1 is 1.47 bits per heavy atom. The zero-order chi connectivity index (χ0) is 12.4. The van der Waals surface area contributed by atoms with Gasteiger partial charge in [0.1, 0.15) is 0 Å². The SMILES string of the molecule is CNC1CCN(c2cc(Cl)ccc2Br)CC1C. The number of rotatable bonds is 2. The van der Waals surface area contributed by atoms with Crippen molar-refractivity contribution in [1.29, 1.82) is 0 Å². The van der Waals surface area contributed by atoms with Crippen LogP contribution in [0.5, 0.6) is 0 Å². The monoisotopic (exact) mass is 316 g/mol. The van der Waals surface area contributed by atoms with Gasteiger partial charge in [0.2, 0.25) is 0 Å². The number of nitrogens with zero attached hydrogens (tertiary/aromatic N) is 1. The lowest BCUT2D eigenvalue weighted by molar-refractivity contribution is 0.339. The Balaban J connectivity index is 2.16. The van der Waals surface area contributed by atoms with E-state index in [9.17, 15) is 0 Å². The van der Waals surface area contributed by atoms with E-state index in [1.807, 2.05) is 25.2 Å². The van der Waals surface area contributed by atoms with E-state index in [4.69, 9.17) is 11.6 Å². The third-order valence-electron chi connectivity index (χ3n) is 3.52. The van der Waals surface area contributed by atoms with Gasteiger partial charge in [0.25, 0.3) is 0 Å². The molecule has 0 aliphatic carbocycles. The molecular weight excluding hydrogens is 300 g/mol. The fourth-order valence-electron chi connectivity index (χ4n) is 2.52. The number of halogens is 2. The number of piperidine rings is 1. The number of anilines is 1. The highest BCUT2D eigenvalue weighted by molar-refractivity contribution is 9.10. The molecule has 1 aromatic rings. The topological polar surface area (TPSA) is 15.3 Å². The Labute approximate surface area is 116 Å². The summed E-state index contributed by atoms with van der Waals surface area (Å²) in [5, 5.41) is 4.18. The van der Waals surface area contributed by atoms with Crippen LogP contribution in [0.15, 0.2) is 22.7 Å². The van der Waals surface area contributed by atoms with E-state index in [1.54, 1.807) is 0 Å². The van der Waals surface area contributed by atoms with Gasteiger partial charge in [-0.05, 0) is 53.5 Å². The van der Waals surface area contributed by atoms with Crippen LogP contribution in [0.1, 0.15) is 13.3 Å². The molecule has 0 amide bonds. The van der Waals surface area contributed by atoms with Crippen molar-refractivity contribution in [3.63, 3.8) is 0 Å².